The Bertz CT molecular complexity index is 704. The van der Waals surface area contributed by atoms with Gasteiger partial charge >= 0.3 is 5.97 Å². The molecule has 0 spiro atoms. The first-order chi connectivity index (χ1) is 9.24. The van der Waals surface area contributed by atoms with Crippen molar-refractivity contribution in [2.45, 2.75) is 6.61 Å². The Balaban J connectivity index is 1.75. The van der Waals surface area contributed by atoms with E-state index in [9.17, 15) is 4.79 Å². The fourth-order valence-electron chi connectivity index (χ4n) is 1.57. The minimum absolute atomic E-state index is 0.0226. The van der Waals surface area contributed by atoms with Crippen molar-refractivity contribution in [3.63, 3.8) is 0 Å². The molecule has 0 atom stereocenters. The maximum Gasteiger partial charge on any atom is 0.374 e. The lowest BCUT2D eigenvalue weighted by Gasteiger charge is -1.99. The predicted molar refractivity (Wildman–Crippen MR) is 70.3 cm³/mol. The van der Waals surface area contributed by atoms with E-state index in [1.807, 2.05) is 18.2 Å². The number of para-hydroxylation sites is 1. The number of ether oxygens (including phenoxy) is 1. The largest absolute Gasteiger partial charge is 0.453 e. The molecule has 0 saturated heterocycles. The van der Waals surface area contributed by atoms with Crippen LogP contribution in [0.15, 0.2) is 34.7 Å². The minimum Gasteiger partial charge on any atom is -0.453 e. The second-order valence-corrected chi connectivity index (χ2v) is 5.07. The molecule has 7 heteroatoms. The highest BCUT2D eigenvalue weighted by Crippen LogP contribution is 2.21. The zero-order valence-electron chi connectivity index (χ0n) is 9.50. The number of nitrogens with zero attached hydrogens (tertiary/aromatic N) is 2. The highest BCUT2D eigenvalue weighted by atomic mass is 35.5. The van der Waals surface area contributed by atoms with Gasteiger partial charge in [0.1, 0.15) is 22.2 Å². The number of halogens is 1. The second-order valence-electron chi connectivity index (χ2n) is 3.72. The van der Waals surface area contributed by atoms with Crippen molar-refractivity contribution < 1.29 is 13.9 Å². The molecule has 3 rings (SSSR count). The van der Waals surface area contributed by atoms with Gasteiger partial charge in [0.05, 0.1) is 0 Å². The van der Waals surface area contributed by atoms with Crippen LogP contribution < -0.4 is 0 Å². The van der Waals surface area contributed by atoms with Crippen LogP contribution in [0, 0.1) is 0 Å². The van der Waals surface area contributed by atoms with Crippen LogP contribution in [0.3, 0.4) is 0 Å². The Kier molecular flexibility index (Phi) is 3.18. The average molecular weight is 295 g/mol. The van der Waals surface area contributed by atoms with Gasteiger partial charge in [0, 0.05) is 16.9 Å². The van der Waals surface area contributed by atoms with E-state index in [0.717, 1.165) is 16.9 Å². The fourth-order valence-corrected chi connectivity index (χ4v) is 2.17. The molecule has 3 aromatic rings. The number of hydrogen-bond acceptors (Lipinski definition) is 6. The van der Waals surface area contributed by atoms with Gasteiger partial charge in [-0.1, -0.05) is 34.3 Å². The van der Waals surface area contributed by atoms with Crippen molar-refractivity contribution in [2.24, 2.45) is 0 Å². The summed E-state index contributed by atoms with van der Waals surface area (Å²) in [5, 5.41) is 4.60. The zero-order valence-corrected chi connectivity index (χ0v) is 11.1. The molecule has 0 amide bonds. The number of furan rings is 1. The van der Waals surface area contributed by atoms with Crippen LogP contribution >= 0.6 is 23.1 Å². The Labute approximate surface area is 116 Å². The molecule has 0 N–H and O–H groups in total. The van der Waals surface area contributed by atoms with E-state index in [1.165, 1.54) is 0 Å². The molecule has 0 aliphatic rings. The first-order valence-electron chi connectivity index (χ1n) is 5.36. The Morgan fingerprint density at radius 2 is 2.26 bits per heavy atom. The third-order valence-electron chi connectivity index (χ3n) is 2.48. The molecule has 0 radical (unpaired) electrons. The van der Waals surface area contributed by atoms with Crippen molar-refractivity contribution >= 4 is 40.1 Å². The summed E-state index contributed by atoms with van der Waals surface area (Å²) >= 11 is 6.86. The lowest BCUT2D eigenvalue weighted by molar-refractivity contribution is 0.0434. The minimum atomic E-state index is -0.555. The van der Waals surface area contributed by atoms with Gasteiger partial charge in [-0.25, -0.2) is 4.79 Å². The summed E-state index contributed by atoms with van der Waals surface area (Å²) < 4.78 is 14.5. The van der Waals surface area contributed by atoms with E-state index in [4.69, 9.17) is 20.8 Å². The topological polar surface area (TPSA) is 65.2 Å². The number of esters is 1. The number of fused-ring (bicyclic) bond motifs is 1. The summed E-state index contributed by atoms with van der Waals surface area (Å²) in [4.78, 5) is 11.8. The van der Waals surface area contributed by atoms with E-state index in [1.54, 1.807) is 12.1 Å². The van der Waals surface area contributed by atoms with Crippen LogP contribution in [0.5, 0.6) is 0 Å². The Morgan fingerprint density at radius 3 is 3.00 bits per heavy atom. The van der Waals surface area contributed by atoms with Crippen molar-refractivity contribution in [3.05, 3.63) is 46.1 Å². The van der Waals surface area contributed by atoms with Gasteiger partial charge in [0.15, 0.2) is 0 Å². The van der Waals surface area contributed by atoms with Crippen molar-refractivity contribution in [3.8, 4) is 0 Å². The number of carbonyl (C=O) groups excluding carboxylic acids is 1. The molecule has 0 aliphatic heterocycles. The summed E-state index contributed by atoms with van der Waals surface area (Å²) in [6.07, 6.45) is 0. The maximum absolute atomic E-state index is 11.8. The maximum atomic E-state index is 11.8. The summed E-state index contributed by atoms with van der Waals surface area (Å²) in [7, 11) is 0. The molecule has 1 aromatic carbocycles. The summed E-state index contributed by atoms with van der Waals surface area (Å²) in [6, 6.07) is 8.98. The molecular weight excluding hydrogens is 288 g/mol. The number of carbonyl (C=O) groups is 1. The van der Waals surface area contributed by atoms with E-state index >= 15 is 0 Å². The van der Waals surface area contributed by atoms with Crippen LogP contribution in [0.4, 0.5) is 0 Å². The highest BCUT2D eigenvalue weighted by molar-refractivity contribution is 7.10. The molecule has 5 nitrogen and oxygen atoms in total. The van der Waals surface area contributed by atoms with Gasteiger partial charge in [-0.05, 0) is 12.1 Å². The van der Waals surface area contributed by atoms with Gasteiger partial charge in [-0.3, -0.25) is 0 Å². The standard InChI is InChI=1S/C12H7ClN2O3S/c13-11-8(14-15-19-11)6-17-12(16)10-5-7-3-1-2-4-9(7)18-10/h1-5H,6H2. The molecule has 0 saturated carbocycles. The van der Waals surface area contributed by atoms with E-state index in [-0.39, 0.29) is 12.4 Å². The fraction of sp³-hybridized carbons (Fsp3) is 0.0833. The Hall–Kier alpha value is -1.92. The van der Waals surface area contributed by atoms with E-state index < -0.39 is 5.97 Å². The molecule has 2 aromatic heterocycles. The van der Waals surface area contributed by atoms with E-state index in [0.29, 0.717) is 15.6 Å². The van der Waals surface area contributed by atoms with Crippen LogP contribution in [0.25, 0.3) is 11.0 Å². The van der Waals surface area contributed by atoms with Gasteiger partial charge in [0.25, 0.3) is 0 Å². The normalized spacial score (nSPS) is 10.8. The molecular formula is C12H7ClN2O3S. The van der Waals surface area contributed by atoms with Crippen LogP contribution in [0.2, 0.25) is 4.34 Å². The molecule has 96 valence electrons. The first-order valence-corrected chi connectivity index (χ1v) is 6.51. The molecule has 0 fully saturated rings. The van der Waals surface area contributed by atoms with Gasteiger partial charge in [-0.15, -0.1) is 5.10 Å². The summed E-state index contributed by atoms with van der Waals surface area (Å²) in [5.41, 5.74) is 1.08. The Morgan fingerprint density at radius 1 is 1.42 bits per heavy atom. The third-order valence-corrected chi connectivity index (χ3v) is 3.46. The molecule has 0 unspecified atom stereocenters. The summed E-state index contributed by atoms with van der Waals surface area (Å²) in [5.74, 6) is -0.402. The third kappa shape index (κ3) is 2.45. The smallest absolute Gasteiger partial charge is 0.374 e. The van der Waals surface area contributed by atoms with Crippen molar-refractivity contribution in [2.75, 3.05) is 0 Å². The molecule has 0 bridgehead atoms. The molecule has 19 heavy (non-hydrogen) atoms. The molecule has 0 aliphatic carbocycles. The summed E-state index contributed by atoms with van der Waals surface area (Å²) in [6.45, 7) is -0.0226. The van der Waals surface area contributed by atoms with E-state index in [2.05, 4.69) is 9.59 Å². The highest BCUT2D eigenvalue weighted by Gasteiger charge is 2.15. The predicted octanol–water partition coefficient (Wildman–Crippen LogP) is 3.29. The van der Waals surface area contributed by atoms with Crippen LogP contribution in [-0.2, 0) is 11.3 Å². The van der Waals surface area contributed by atoms with Gasteiger partial charge in [0.2, 0.25) is 5.76 Å². The van der Waals surface area contributed by atoms with Gasteiger partial charge in [-0.2, -0.15) is 0 Å². The van der Waals surface area contributed by atoms with Gasteiger partial charge < -0.3 is 9.15 Å². The lowest BCUT2D eigenvalue weighted by atomic mass is 10.2. The SMILES string of the molecule is O=C(OCc1nnsc1Cl)c1cc2ccccc2o1. The number of aromatic nitrogens is 2. The molecule has 2 heterocycles. The quantitative estimate of drug-likeness (QED) is 0.693. The van der Waals surface area contributed by atoms with Crippen molar-refractivity contribution in [1.29, 1.82) is 0 Å². The number of hydrogen-bond donors (Lipinski definition) is 0. The zero-order chi connectivity index (χ0) is 13.2. The second kappa shape index (κ2) is 4.99. The first kappa shape index (κ1) is 12.1. The van der Waals surface area contributed by atoms with Crippen molar-refractivity contribution in [1.82, 2.24) is 9.59 Å². The lowest BCUT2D eigenvalue weighted by Crippen LogP contribution is -2.04. The monoisotopic (exact) mass is 294 g/mol. The number of benzene rings is 1. The average Bonchev–Trinajstić information content (AvgIpc) is 3.01. The van der Waals surface area contributed by atoms with Crippen LogP contribution in [-0.4, -0.2) is 15.6 Å². The van der Waals surface area contributed by atoms with Crippen LogP contribution in [0.1, 0.15) is 16.2 Å². The number of rotatable bonds is 3.